The molecule has 0 spiro atoms. The van der Waals surface area contributed by atoms with Crippen molar-refractivity contribution in [3.8, 4) is 0 Å². The van der Waals surface area contributed by atoms with Crippen LogP contribution >= 0.6 is 0 Å². The van der Waals surface area contributed by atoms with Gasteiger partial charge < -0.3 is 0 Å². The number of Topliss-reactive ketones (excluding diaryl/α,β-unsaturated/α-hetero) is 1. The largest absolute Gasteiger partial charge is 0.299 e. The van der Waals surface area contributed by atoms with E-state index in [-0.39, 0.29) is 11.5 Å². The van der Waals surface area contributed by atoms with E-state index >= 15 is 0 Å². The van der Waals surface area contributed by atoms with Crippen LogP contribution in [0.1, 0.15) is 33.1 Å². The molecule has 1 unspecified atom stereocenters. The molecule has 0 aromatic heterocycles. The van der Waals surface area contributed by atoms with Gasteiger partial charge in [0.2, 0.25) is 0 Å². The second-order valence-electron chi connectivity index (χ2n) is 2.53. The maximum Gasteiger partial charge on any atom is 0.145 e. The number of hydrogen-bond acceptors (Lipinski definition) is 2. The summed E-state index contributed by atoms with van der Waals surface area (Å²) in [6, 6.07) is 0. The zero-order chi connectivity index (χ0) is 8.69. The van der Waals surface area contributed by atoms with Gasteiger partial charge in [0.15, 0.2) is 0 Å². The van der Waals surface area contributed by atoms with Gasteiger partial charge in [0.05, 0.1) is 5.75 Å². The predicted molar refractivity (Wildman–Crippen MR) is 48.1 cm³/mol. The quantitative estimate of drug-likeness (QED) is 0.615. The van der Waals surface area contributed by atoms with Gasteiger partial charge in [-0.3, -0.25) is 9.00 Å². The third-order valence-electron chi connectivity index (χ3n) is 1.44. The fourth-order valence-electron chi connectivity index (χ4n) is 0.659. The molecule has 0 aromatic carbocycles. The van der Waals surface area contributed by atoms with Gasteiger partial charge in [-0.05, 0) is 6.42 Å². The summed E-state index contributed by atoms with van der Waals surface area (Å²) in [5.74, 6) is 1.05. The maximum absolute atomic E-state index is 11.1. The Morgan fingerprint density at radius 2 is 2.00 bits per heavy atom. The highest BCUT2D eigenvalue weighted by Gasteiger charge is 2.04. The lowest BCUT2D eigenvalue weighted by Crippen LogP contribution is -2.11. The lowest BCUT2D eigenvalue weighted by Gasteiger charge is -1.97. The van der Waals surface area contributed by atoms with Crippen LogP contribution in [0.5, 0.6) is 0 Å². The van der Waals surface area contributed by atoms with E-state index in [2.05, 4.69) is 6.92 Å². The molecule has 0 heterocycles. The molecule has 0 aliphatic rings. The van der Waals surface area contributed by atoms with Crippen LogP contribution in [-0.2, 0) is 15.6 Å². The summed E-state index contributed by atoms with van der Waals surface area (Å²) in [7, 11) is -0.899. The van der Waals surface area contributed by atoms with Crippen LogP contribution in [0.3, 0.4) is 0 Å². The van der Waals surface area contributed by atoms with Gasteiger partial charge >= 0.3 is 0 Å². The Bertz CT molecular complexity index is 143. The Labute approximate surface area is 70.8 Å². The first-order valence-corrected chi connectivity index (χ1v) is 5.56. The number of ketones is 1. The van der Waals surface area contributed by atoms with Gasteiger partial charge in [-0.15, -0.1) is 0 Å². The molecular weight excluding hydrogens is 160 g/mol. The SMILES string of the molecule is CCCCS(=O)CC(=O)CC. The lowest BCUT2D eigenvalue weighted by molar-refractivity contribution is -0.116. The van der Waals surface area contributed by atoms with E-state index in [1.807, 2.05) is 0 Å². The first kappa shape index (κ1) is 10.8. The highest BCUT2D eigenvalue weighted by molar-refractivity contribution is 7.85. The molecule has 0 saturated carbocycles. The van der Waals surface area contributed by atoms with Crippen LogP contribution in [0.15, 0.2) is 0 Å². The Hall–Kier alpha value is -0.180. The van der Waals surface area contributed by atoms with Crippen LogP contribution in [0.2, 0.25) is 0 Å². The third kappa shape index (κ3) is 6.23. The Morgan fingerprint density at radius 1 is 1.36 bits per heavy atom. The molecule has 3 heteroatoms. The molecule has 0 aliphatic carbocycles. The minimum Gasteiger partial charge on any atom is -0.299 e. The molecule has 1 atom stereocenters. The molecule has 2 nitrogen and oxygen atoms in total. The van der Waals surface area contributed by atoms with E-state index in [9.17, 15) is 9.00 Å². The smallest absolute Gasteiger partial charge is 0.145 e. The summed E-state index contributed by atoms with van der Waals surface area (Å²) < 4.78 is 11.1. The van der Waals surface area contributed by atoms with Crippen molar-refractivity contribution in [2.45, 2.75) is 33.1 Å². The van der Waals surface area contributed by atoms with E-state index in [4.69, 9.17) is 0 Å². The summed E-state index contributed by atoms with van der Waals surface area (Å²) in [5.41, 5.74) is 0. The number of carbonyl (C=O) groups excluding carboxylic acids is 1. The second kappa shape index (κ2) is 6.53. The zero-order valence-corrected chi connectivity index (χ0v) is 8.08. The van der Waals surface area contributed by atoms with Gasteiger partial charge in [0, 0.05) is 23.0 Å². The van der Waals surface area contributed by atoms with E-state index in [1.165, 1.54) is 0 Å². The molecule has 0 rings (SSSR count). The van der Waals surface area contributed by atoms with Crippen molar-refractivity contribution in [1.82, 2.24) is 0 Å². The van der Waals surface area contributed by atoms with Gasteiger partial charge in [-0.1, -0.05) is 20.3 Å². The summed E-state index contributed by atoms with van der Waals surface area (Å²) in [5, 5.41) is 0. The van der Waals surface area contributed by atoms with Crippen molar-refractivity contribution in [3.05, 3.63) is 0 Å². The minimum absolute atomic E-state index is 0.111. The standard InChI is InChI=1S/C8H16O2S/c1-3-5-6-11(10)7-8(9)4-2/h3-7H2,1-2H3. The molecule has 11 heavy (non-hydrogen) atoms. The van der Waals surface area contributed by atoms with Crippen LogP contribution < -0.4 is 0 Å². The second-order valence-corrected chi connectivity index (χ2v) is 4.11. The molecule has 0 aliphatic heterocycles. The van der Waals surface area contributed by atoms with Crippen LogP contribution in [0, 0.1) is 0 Å². The minimum atomic E-state index is -0.899. The van der Waals surface area contributed by atoms with Gasteiger partial charge in [-0.25, -0.2) is 0 Å². The Kier molecular flexibility index (Phi) is 6.42. The highest BCUT2D eigenvalue weighted by atomic mass is 32.2. The average Bonchev–Trinajstić information content (AvgIpc) is 2.00. The average molecular weight is 176 g/mol. The molecule has 0 radical (unpaired) electrons. The number of hydrogen-bond donors (Lipinski definition) is 0. The normalized spacial score (nSPS) is 12.9. The first-order chi connectivity index (χ1) is 5.20. The van der Waals surface area contributed by atoms with Crippen LogP contribution in [0.4, 0.5) is 0 Å². The third-order valence-corrected chi connectivity index (χ3v) is 2.83. The van der Waals surface area contributed by atoms with E-state index in [0.29, 0.717) is 12.2 Å². The number of rotatable bonds is 6. The monoisotopic (exact) mass is 176 g/mol. The molecule has 66 valence electrons. The fourth-order valence-corrected chi connectivity index (χ4v) is 1.98. The van der Waals surface area contributed by atoms with Crippen LogP contribution in [-0.4, -0.2) is 21.5 Å². The maximum atomic E-state index is 11.1. The van der Waals surface area contributed by atoms with E-state index < -0.39 is 10.8 Å². The molecule has 0 bridgehead atoms. The summed E-state index contributed by atoms with van der Waals surface area (Å²) >= 11 is 0. The summed E-state index contributed by atoms with van der Waals surface area (Å²) in [4.78, 5) is 10.8. The molecule has 0 fully saturated rings. The highest BCUT2D eigenvalue weighted by Crippen LogP contribution is 1.93. The predicted octanol–water partition coefficient (Wildman–Crippen LogP) is 1.51. The van der Waals surface area contributed by atoms with Crippen molar-refractivity contribution in [3.63, 3.8) is 0 Å². The molecular formula is C8H16O2S. The van der Waals surface area contributed by atoms with E-state index in [0.717, 1.165) is 12.8 Å². The van der Waals surface area contributed by atoms with Crippen molar-refractivity contribution < 1.29 is 9.00 Å². The van der Waals surface area contributed by atoms with Crippen LogP contribution in [0.25, 0.3) is 0 Å². The number of carbonyl (C=O) groups is 1. The fraction of sp³-hybridized carbons (Fsp3) is 0.875. The van der Waals surface area contributed by atoms with Gasteiger partial charge in [0.25, 0.3) is 0 Å². The topological polar surface area (TPSA) is 34.1 Å². The number of unbranched alkanes of at least 4 members (excludes halogenated alkanes) is 1. The Balaban J connectivity index is 3.44. The summed E-state index contributed by atoms with van der Waals surface area (Å²) in [6.07, 6.45) is 2.52. The molecule has 0 saturated heterocycles. The van der Waals surface area contributed by atoms with Crippen molar-refractivity contribution in [1.29, 1.82) is 0 Å². The van der Waals surface area contributed by atoms with Crippen molar-refractivity contribution in [2.75, 3.05) is 11.5 Å². The van der Waals surface area contributed by atoms with Crippen molar-refractivity contribution in [2.24, 2.45) is 0 Å². The lowest BCUT2D eigenvalue weighted by atomic mass is 10.4. The molecule has 0 aromatic rings. The zero-order valence-electron chi connectivity index (χ0n) is 7.26. The Morgan fingerprint density at radius 3 is 2.45 bits per heavy atom. The molecule has 0 N–H and O–H groups in total. The van der Waals surface area contributed by atoms with Crippen molar-refractivity contribution >= 4 is 16.6 Å². The summed E-state index contributed by atoms with van der Waals surface area (Å²) in [6.45, 7) is 3.86. The van der Waals surface area contributed by atoms with Gasteiger partial charge in [-0.2, -0.15) is 0 Å². The molecule has 0 amide bonds. The van der Waals surface area contributed by atoms with Gasteiger partial charge in [0.1, 0.15) is 5.78 Å². The first-order valence-electron chi connectivity index (χ1n) is 4.07. The van der Waals surface area contributed by atoms with E-state index in [1.54, 1.807) is 6.92 Å².